The fourth-order valence-corrected chi connectivity index (χ4v) is 4.61. The highest BCUT2D eigenvalue weighted by atomic mass is 16.5. The molecule has 0 aliphatic carbocycles. The first-order valence-corrected chi connectivity index (χ1v) is 11.4. The van der Waals surface area contributed by atoms with Crippen LogP contribution in [0.1, 0.15) is 36.9 Å². The van der Waals surface area contributed by atoms with Crippen molar-refractivity contribution in [3.63, 3.8) is 0 Å². The van der Waals surface area contributed by atoms with Crippen LogP contribution in [-0.2, 0) is 16.0 Å². The molecule has 4 rings (SSSR count). The fraction of sp³-hybridized carbons (Fsp3) is 0.385. The molecule has 2 N–H and O–H groups in total. The first-order valence-electron chi connectivity index (χ1n) is 11.4. The second kappa shape index (κ2) is 10.5. The lowest BCUT2D eigenvalue weighted by molar-refractivity contribution is -0.139. The number of urea groups is 1. The lowest BCUT2D eigenvalue weighted by atomic mass is 9.89. The van der Waals surface area contributed by atoms with E-state index in [4.69, 9.17) is 4.74 Å². The molecule has 32 heavy (non-hydrogen) atoms. The Morgan fingerprint density at radius 2 is 1.69 bits per heavy atom. The molecule has 168 valence electrons. The summed E-state index contributed by atoms with van der Waals surface area (Å²) in [6.45, 7) is 4.49. The number of hydrogen-bond donors (Lipinski definition) is 2. The van der Waals surface area contributed by atoms with Crippen LogP contribution >= 0.6 is 0 Å². The number of benzene rings is 2. The van der Waals surface area contributed by atoms with Crippen molar-refractivity contribution in [3.05, 3.63) is 83.1 Å². The average Bonchev–Trinajstić information content (AvgIpc) is 2.81. The zero-order valence-corrected chi connectivity index (χ0v) is 18.5. The van der Waals surface area contributed by atoms with E-state index in [-0.39, 0.29) is 18.6 Å². The van der Waals surface area contributed by atoms with E-state index in [1.165, 1.54) is 5.56 Å². The van der Waals surface area contributed by atoms with Gasteiger partial charge >= 0.3 is 12.0 Å². The fourth-order valence-electron chi connectivity index (χ4n) is 4.61. The number of carbonyl (C=O) groups is 2. The molecule has 0 bridgehead atoms. The highest BCUT2D eigenvalue weighted by molar-refractivity contribution is 5.95. The molecular weight excluding hydrogens is 402 g/mol. The second-order valence-electron chi connectivity index (χ2n) is 8.46. The van der Waals surface area contributed by atoms with Gasteiger partial charge in [0.1, 0.15) is 0 Å². The minimum absolute atomic E-state index is 0.288. The van der Waals surface area contributed by atoms with Crippen molar-refractivity contribution in [3.8, 4) is 0 Å². The van der Waals surface area contributed by atoms with Crippen molar-refractivity contribution >= 4 is 12.0 Å². The first kappa shape index (κ1) is 22.1. The summed E-state index contributed by atoms with van der Waals surface area (Å²) < 4.78 is 5.36. The van der Waals surface area contributed by atoms with Crippen molar-refractivity contribution in [2.24, 2.45) is 5.92 Å². The Balaban J connectivity index is 1.49. The third kappa shape index (κ3) is 5.37. The molecule has 6 nitrogen and oxygen atoms in total. The Morgan fingerprint density at radius 1 is 1.03 bits per heavy atom. The van der Waals surface area contributed by atoms with E-state index in [1.807, 2.05) is 30.3 Å². The summed E-state index contributed by atoms with van der Waals surface area (Å²) in [6.07, 6.45) is 3.30. The number of ether oxygens (including phenoxy) is 1. The van der Waals surface area contributed by atoms with E-state index in [1.54, 1.807) is 6.92 Å². The number of piperidine rings is 1. The SMILES string of the molecule is CCOC(=O)C1=C(CN2CCC(Cc3ccccc3)CC2)NC(=O)N[C@H]1c1ccccc1. The number of amides is 2. The summed E-state index contributed by atoms with van der Waals surface area (Å²) in [5, 5.41) is 5.79. The van der Waals surface area contributed by atoms with Gasteiger partial charge in [-0.1, -0.05) is 60.7 Å². The zero-order chi connectivity index (χ0) is 22.3. The van der Waals surface area contributed by atoms with Gasteiger partial charge in [0.05, 0.1) is 18.2 Å². The van der Waals surface area contributed by atoms with Gasteiger partial charge in [-0.15, -0.1) is 0 Å². The quantitative estimate of drug-likeness (QED) is 0.652. The zero-order valence-electron chi connectivity index (χ0n) is 18.5. The molecule has 1 saturated heterocycles. The summed E-state index contributed by atoms with van der Waals surface area (Å²) in [7, 11) is 0. The maximum atomic E-state index is 12.9. The van der Waals surface area contributed by atoms with Crippen LogP contribution in [0.25, 0.3) is 0 Å². The number of esters is 1. The third-order valence-electron chi connectivity index (χ3n) is 6.24. The highest BCUT2D eigenvalue weighted by Crippen LogP contribution is 2.29. The Labute approximate surface area is 189 Å². The minimum Gasteiger partial charge on any atom is -0.463 e. The van der Waals surface area contributed by atoms with E-state index in [2.05, 4.69) is 45.9 Å². The van der Waals surface area contributed by atoms with Gasteiger partial charge in [-0.05, 0) is 56.3 Å². The molecule has 2 aromatic carbocycles. The van der Waals surface area contributed by atoms with Crippen LogP contribution in [0, 0.1) is 5.92 Å². The smallest absolute Gasteiger partial charge is 0.338 e. The predicted molar refractivity (Wildman–Crippen MR) is 124 cm³/mol. The standard InChI is InChI=1S/C26H31N3O3/c1-2-32-25(30)23-22(27-26(31)28-24(23)21-11-7-4-8-12-21)18-29-15-13-20(14-16-29)17-19-9-5-3-6-10-19/h3-12,20,24H,2,13-18H2,1H3,(H2,27,28,31)/t24-/m0/s1. The highest BCUT2D eigenvalue weighted by Gasteiger charge is 2.34. The van der Waals surface area contributed by atoms with Crippen molar-refractivity contribution in [1.29, 1.82) is 0 Å². The third-order valence-corrected chi connectivity index (χ3v) is 6.24. The molecule has 2 aromatic rings. The van der Waals surface area contributed by atoms with Crippen LogP contribution in [0.4, 0.5) is 4.79 Å². The summed E-state index contributed by atoms with van der Waals surface area (Å²) in [4.78, 5) is 27.7. The molecule has 1 atom stereocenters. The molecule has 0 unspecified atom stereocenters. The molecule has 0 aromatic heterocycles. The second-order valence-corrected chi connectivity index (χ2v) is 8.46. The topological polar surface area (TPSA) is 70.7 Å². The minimum atomic E-state index is -0.519. The first-order chi connectivity index (χ1) is 15.6. The van der Waals surface area contributed by atoms with Gasteiger partial charge in [-0.25, -0.2) is 9.59 Å². The van der Waals surface area contributed by atoms with Crippen LogP contribution in [0.5, 0.6) is 0 Å². The molecule has 0 saturated carbocycles. The maximum absolute atomic E-state index is 12.9. The van der Waals surface area contributed by atoms with Gasteiger partial charge in [0.15, 0.2) is 0 Å². The van der Waals surface area contributed by atoms with Crippen LogP contribution in [0.3, 0.4) is 0 Å². The number of rotatable bonds is 7. The molecule has 2 aliphatic heterocycles. The van der Waals surface area contributed by atoms with Crippen LogP contribution in [0.15, 0.2) is 71.9 Å². The average molecular weight is 434 g/mol. The normalized spacial score (nSPS) is 19.9. The summed E-state index contributed by atoms with van der Waals surface area (Å²) >= 11 is 0. The van der Waals surface area contributed by atoms with Crippen molar-refractivity contribution in [1.82, 2.24) is 15.5 Å². The number of likely N-dealkylation sites (tertiary alicyclic amines) is 1. The van der Waals surface area contributed by atoms with E-state index in [0.29, 0.717) is 23.7 Å². The molecular formula is C26H31N3O3. The monoisotopic (exact) mass is 433 g/mol. The molecule has 1 fully saturated rings. The van der Waals surface area contributed by atoms with Gasteiger partial charge in [0.25, 0.3) is 0 Å². The predicted octanol–water partition coefficient (Wildman–Crippen LogP) is 3.81. The summed E-state index contributed by atoms with van der Waals surface area (Å²) in [6, 6.07) is 19.4. The van der Waals surface area contributed by atoms with E-state index >= 15 is 0 Å². The van der Waals surface area contributed by atoms with Crippen LogP contribution in [-0.4, -0.2) is 43.1 Å². The molecule has 0 radical (unpaired) electrons. The van der Waals surface area contributed by atoms with Gasteiger partial charge in [0.2, 0.25) is 0 Å². The summed E-state index contributed by atoms with van der Waals surface area (Å²) in [5.74, 6) is 0.273. The number of nitrogens with zero attached hydrogens (tertiary/aromatic N) is 1. The van der Waals surface area contributed by atoms with Crippen LogP contribution in [0.2, 0.25) is 0 Å². The van der Waals surface area contributed by atoms with E-state index < -0.39 is 6.04 Å². The Bertz CT molecular complexity index is 951. The van der Waals surface area contributed by atoms with Crippen molar-refractivity contribution in [2.75, 3.05) is 26.2 Å². The Morgan fingerprint density at radius 3 is 2.34 bits per heavy atom. The van der Waals surface area contributed by atoms with Crippen molar-refractivity contribution in [2.45, 2.75) is 32.2 Å². The van der Waals surface area contributed by atoms with E-state index in [0.717, 1.165) is 37.9 Å². The number of hydrogen-bond acceptors (Lipinski definition) is 4. The largest absolute Gasteiger partial charge is 0.463 e. The van der Waals surface area contributed by atoms with E-state index in [9.17, 15) is 9.59 Å². The molecule has 2 amide bonds. The van der Waals surface area contributed by atoms with Gasteiger partial charge < -0.3 is 15.4 Å². The molecule has 2 heterocycles. The van der Waals surface area contributed by atoms with Crippen molar-refractivity contribution < 1.29 is 14.3 Å². The van der Waals surface area contributed by atoms with Gasteiger partial charge in [-0.2, -0.15) is 0 Å². The lowest BCUT2D eigenvalue weighted by Crippen LogP contribution is -2.49. The lowest BCUT2D eigenvalue weighted by Gasteiger charge is -2.35. The number of carbonyl (C=O) groups excluding carboxylic acids is 2. The maximum Gasteiger partial charge on any atom is 0.338 e. The molecule has 2 aliphatic rings. The Hall–Kier alpha value is -3.12. The van der Waals surface area contributed by atoms with Gasteiger partial charge in [-0.3, -0.25) is 4.90 Å². The van der Waals surface area contributed by atoms with Crippen LogP contribution < -0.4 is 10.6 Å². The molecule has 6 heteroatoms. The Kier molecular flexibility index (Phi) is 7.22. The number of nitrogens with one attached hydrogen (secondary N) is 2. The molecule has 0 spiro atoms. The van der Waals surface area contributed by atoms with Gasteiger partial charge in [0, 0.05) is 12.2 Å². The summed E-state index contributed by atoms with van der Waals surface area (Å²) in [5.41, 5.74) is 3.38.